The molecule has 0 bridgehead atoms. The lowest BCUT2D eigenvalue weighted by atomic mass is 10.3. The van der Waals surface area contributed by atoms with Crippen molar-refractivity contribution in [2.45, 2.75) is 9.79 Å². The fourth-order valence-corrected chi connectivity index (χ4v) is 5.41. The Bertz CT molecular complexity index is 981. The molecule has 1 aliphatic rings. The van der Waals surface area contributed by atoms with Crippen LogP contribution in [0, 0.1) is 5.82 Å². The highest BCUT2D eigenvalue weighted by molar-refractivity contribution is 8.00. The van der Waals surface area contributed by atoms with Crippen LogP contribution in [0.25, 0.3) is 0 Å². The molecule has 10 heteroatoms. The highest BCUT2D eigenvalue weighted by Crippen LogP contribution is 2.27. The van der Waals surface area contributed by atoms with Crippen LogP contribution in [0.1, 0.15) is 0 Å². The quantitative estimate of drug-likeness (QED) is 0.634. The largest absolute Gasteiger partial charge is 0.339 e. The fraction of sp³-hybridized carbons (Fsp3) is 0.278. The van der Waals surface area contributed by atoms with Gasteiger partial charge in [-0.05, 0) is 30.3 Å². The van der Waals surface area contributed by atoms with E-state index in [1.165, 1.54) is 28.6 Å². The third kappa shape index (κ3) is 4.80. The molecular weight excluding hydrogens is 446 g/mol. The summed E-state index contributed by atoms with van der Waals surface area (Å²) >= 11 is 12.9. The average molecular weight is 463 g/mol. The molecule has 1 heterocycles. The zero-order chi connectivity index (χ0) is 20.3. The van der Waals surface area contributed by atoms with E-state index < -0.39 is 10.0 Å². The van der Waals surface area contributed by atoms with E-state index in [1.807, 2.05) is 0 Å². The number of hydrogen-bond donors (Lipinski definition) is 0. The van der Waals surface area contributed by atoms with E-state index in [0.717, 1.165) is 11.8 Å². The number of amides is 1. The number of thioether (sulfide) groups is 1. The number of piperazine rings is 1. The van der Waals surface area contributed by atoms with Crippen molar-refractivity contribution in [3.8, 4) is 0 Å². The number of carbonyl (C=O) groups excluding carboxylic acids is 1. The molecular formula is C18H17Cl2FN2O3S2. The fourth-order valence-electron chi connectivity index (χ4n) is 2.76. The summed E-state index contributed by atoms with van der Waals surface area (Å²) in [5, 5.41) is 0.449. The van der Waals surface area contributed by atoms with Crippen molar-refractivity contribution in [1.29, 1.82) is 0 Å². The molecule has 150 valence electrons. The normalized spacial score (nSPS) is 15.6. The van der Waals surface area contributed by atoms with Gasteiger partial charge in [-0.25, -0.2) is 12.8 Å². The van der Waals surface area contributed by atoms with Gasteiger partial charge in [0.25, 0.3) is 0 Å². The number of sulfonamides is 1. The van der Waals surface area contributed by atoms with Crippen molar-refractivity contribution in [1.82, 2.24) is 9.21 Å². The molecule has 0 aromatic heterocycles. The van der Waals surface area contributed by atoms with Crippen LogP contribution in [0.4, 0.5) is 4.39 Å². The van der Waals surface area contributed by atoms with Gasteiger partial charge in [-0.2, -0.15) is 4.31 Å². The summed E-state index contributed by atoms with van der Waals surface area (Å²) in [7, 11) is -3.71. The monoisotopic (exact) mass is 462 g/mol. The lowest BCUT2D eigenvalue weighted by Crippen LogP contribution is -2.50. The number of hydrogen-bond acceptors (Lipinski definition) is 4. The van der Waals surface area contributed by atoms with Gasteiger partial charge in [0.2, 0.25) is 15.9 Å². The van der Waals surface area contributed by atoms with Crippen molar-refractivity contribution < 1.29 is 17.6 Å². The van der Waals surface area contributed by atoms with E-state index in [9.17, 15) is 17.6 Å². The first kappa shape index (κ1) is 21.4. The van der Waals surface area contributed by atoms with Gasteiger partial charge >= 0.3 is 0 Å². The molecule has 1 fully saturated rings. The topological polar surface area (TPSA) is 57.7 Å². The van der Waals surface area contributed by atoms with E-state index >= 15 is 0 Å². The molecule has 1 saturated heterocycles. The second-order valence-electron chi connectivity index (χ2n) is 6.08. The maximum Gasteiger partial charge on any atom is 0.243 e. The molecule has 1 amide bonds. The summed E-state index contributed by atoms with van der Waals surface area (Å²) in [6.45, 7) is 0.909. The molecule has 2 aromatic rings. The molecule has 0 unspecified atom stereocenters. The van der Waals surface area contributed by atoms with Gasteiger partial charge < -0.3 is 4.90 Å². The Labute approximate surface area is 177 Å². The zero-order valence-electron chi connectivity index (χ0n) is 14.6. The van der Waals surface area contributed by atoms with Crippen molar-refractivity contribution in [3.63, 3.8) is 0 Å². The Morgan fingerprint density at radius 1 is 1.04 bits per heavy atom. The van der Waals surface area contributed by atoms with E-state index in [-0.39, 0.29) is 58.6 Å². The molecule has 0 aliphatic carbocycles. The van der Waals surface area contributed by atoms with Gasteiger partial charge in [-0.3, -0.25) is 4.79 Å². The highest BCUT2D eigenvalue weighted by Gasteiger charge is 2.30. The van der Waals surface area contributed by atoms with E-state index in [2.05, 4.69) is 0 Å². The summed E-state index contributed by atoms with van der Waals surface area (Å²) in [5.74, 6) is -0.418. The van der Waals surface area contributed by atoms with Gasteiger partial charge in [0.1, 0.15) is 5.82 Å². The van der Waals surface area contributed by atoms with Gasteiger partial charge in [-0.1, -0.05) is 35.3 Å². The van der Waals surface area contributed by atoms with Gasteiger partial charge in [0.05, 0.1) is 20.7 Å². The summed E-state index contributed by atoms with van der Waals surface area (Å²) in [4.78, 5) is 14.4. The van der Waals surface area contributed by atoms with Crippen LogP contribution in [-0.4, -0.2) is 55.5 Å². The third-order valence-electron chi connectivity index (χ3n) is 4.31. The number of benzene rings is 2. The first-order valence-electron chi connectivity index (χ1n) is 8.39. The minimum atomic E-state index is -3.71. The first-order chi connectivity index (χ1) is 13.3. The SMILES string of the molecule is O=C(CSc1ccccc1F)N1CCN(S(=O)(=O)c2ccc(Cl)c(Cl)c2)CC1. The van der Waals surface area contributed by atoms with Crippen molar-refractivity contribution >= 4 is 50.9 Å². The second-order valence-corrected chi connectivity index (χ2v) is 9.85. The predicted molar refractivity (Wildman–Crippen MR) is 109 cm³/mol. The Kier molecular flexibility index (Phi) is 6.88. The summed E-state index contributed by atoms with van der Waals surface area (Å²) in [6.07, 6.45) is 0. The lowest BCUT2D eigenvalue weighted by Gasteiger charge is -2.34. The maximum absolute atomic E-state index is 13.6. The smallest absolute Gasteiger partial charge is 0.243 e. The molecule has 2 aromatic carbocycles. The molecule has 0 saturated carbocycles. The van der Waals surface area contributed by atoms with Crippen LogP contribution in [0.3, 0.4) is 0 Å². The van der Waals surface area contributed by atoms with Crippen LogP contribution in [0.5, 0.6) is 0 Å². The highest BCUT2D eigenvalue weighted by atomic mass is 35.5. The summed E-state index contributed by atoms with van der Waals surface area (Å²) in [6, 6.07) is 10.4. The molecule has 5 nitrogen and oxygen atoms in total. The van der Waals surface area contributed by atoms with Crippen molar-refractivity contribution in [2.75, 3.05) is 31.9 Å². The van der Waals surface area contributed by atoms with Crippen LogP contribution in [0.2, 0.25) is 10.0 Å². The number of nitrogens with zero attached hydrogens (tertiary/aromatic N) is 2. The lowest BCUT2D eigenvalue weighted by molar-refractivity contribution is -0.129. The molecule has 1 aliphatic heterocycles. The minimum Gasteiger partial charge on any atom is -0.339 e. The maximum atomic E-state index is 13.6. The molecule has 28 heavy (non-hydrogen) atoms. The predicted octanol–water partition coefficient (Wildman–Crippen LogP) is 3.76. The van der Waals surface area contributed by atoms with Crippen LogP contribution >= 0.6 is 35.0 Å². The Hall–Kier alpha value is -1.32. The standard InChI is InChI=1S/C18H17Cl2FN2O3S2/c19-14-6-5-13(11-15(14)20)28(25,26)23-9-7-22(8-10-23)18(24)12-27-17-4-2-1-3-16(17)21/h1-6,11H,7-10,12H2. The first-order valence-corrected chi connectivity index (χ1v) is 11.6. The van der Waals surface area contributed by atoms with E-state index in [4.69, 9.17) is 23.2 Å². The molecule has 0 atom stereocenters. The molecule has 0 N–H and O–H groups in total. The number of rotatable bonds is 5. The second kappa shape index (κ2) is 9.00. The molecule has 0 radical (unpaired) electrons. The number of halogens is 3. The number of carbonyl (C=O) groups is 1. The van der Waals surface area contributed by atoms with Gasteiger partial charge in [-0.15, -0.1) is 11.8 Å². The Balaban J connectivity index is 1.58. The van der Waals surface area contributed by atoms with Crippen molar-refractivity contribution in [3.05, 3.63) is 58.3 Å². The van der Waals surface area contributed by atoms with Crippen LogP contribution in [0.15, 0.2) is 52.3 Å². The van der Waals surface area contributed by atoms with Gasteiger partial charge in [0.15, 0.2) is 0 Å². The molecule has 3 rings (SSSR count). The van der Waals surface area contributed by atoms with Crippen molar-refractivity contribution in [2.24, 2.45) is 0 Å². The van der Waals surface area contributed by atoms with E-state index in [0.29, 0.717) is 4.90 Å². The third-order valence-corrected chi connectivity index (χ3v) is 7.98. The summed E-state index contributed by atoms with van der Waals surface area (Å²) < 4.78 is 40.5. The Morgan fingerprint density at radius 3 is 2.36 bits per heavy atom. The van der Waals surface area contributed by atoms with Gasteiger partial charge in [0, 0.05) is 31.1 Å². The minimum absolute atomic E-state index is 0.0665. The Morgan fingerprint density at radius 2 is 1.71 bits per heavy atom. The van der Waals surface area contributed by atoms with Crippen LogP contribution < -0.4 is 0 Å². The summed E-state index contributed by atoms with van der Waals surface area (Å²) in [5.41, 5.74) is 0. The zero-order valence-corrected chi connectivity index (χ0v) is 17.8. The van der Waals surface area contributed by atoms with E-state index in [1.54, 1.807) is 23.1 Å². The average Bonchev–Trinajstić information content (AvgIpc) is 2.69. The van der Waals surface area contributed by atoms with Crippen LogP contribution in [-0.2, 0) is 14.8 Å². The molecule has 0 spiro atoms.